The zero-order chi connectivity index (χ0) is 19.9. The molecule has 0 bridgehead atoms. The number of nitrogens with one attached hydrogen (secondary N) is 1. The van der Waals surface area contributed by atoms with Crippen LogP contribution in [0.1, 0.15) is 42.5 Å². The van der Waals surface area contributed by atoms with Gasteiger partial charge in [-0.25, -0.2) is 14.4 Å². The highest BCUT2D eigenvalue weighted by molar-refractivity contribution is 5.84. The molecule has 4 heterocycles. The van der Waals surface area contributed by atoms with Crippen molar-refractivity contribution in [1.82, 2.24) is 14.9 Å². The van der Waals surface area contributed by atoms with Crippen LogP contribution < -0.4 is 10.1 Å². The van der Waals surface area contributed by atoms with E-state index in [0.29, 0.717) is 24.5 Å². The summed E-state index contributed by atoms with van der Waals surface area (Å²) in [5.74, 6) is 0.0801. The number of rotatable bonds is 3. The number of aromatic nitrogens is 2. The first-order valence-electron chi connectivity index (χ1n) is 9.64. The van der Waals surface area contributed by atoms with Crippen molar-refractivity contribution in [2.75, 3.05) is 25.5 Å². The normalized spacial score (nSPS) is 21.9. The molecular formula is C21H25FN4O2. The number of anilines is 1. The second kappa shape index (κ2) is 7.04. The molecule has 148 valence electrons. The van der Waals surface area contributed by atoms with Crippen molar-refractivity contribution in [3.05, 3.63) is 47.0 Å². The molecule has 0 radical (unpaired) electrons. The van der Waals surface area contributed by atoms with Crippen LogP contribution >= 0.6 is 0 Å². The van der Waals surface area contributed by atoms with Crippen molar-refractivity contribution in [3.8, 4) is 5.88 Å². The lowest BCUT2D eigenvalue weighted by atomic mass is 9.86. The zero-order valence-corrected chi connectivity index (χ0v) is 16.5. The van der Waals surface area contributed by atoms with E-state index in [9.17, 15) is 9.18 Å². The Kier molecular flexibility index (Phi) is 4.69. The van der Waals surface area contributed by atoms with Crippen LogP contribution in [0.3, 0.4) is 0 Å². The van der Waals surface area contributed by atoms with E-state index < -0.39 is 11.7 Å². The van der Waals surface area contributed by atoms with Gasteiger partial charge in [-0.2, -0.15) is 0 Å². The SMILES string of the molecule is COc1cc([C@@H](C)C(=O)N2CCC3(CCc4ccc(C)nc4N3)C2)c(F)cn1. The lowest BCUT2D eigenvalue weighted by Gasteiger charge is -2.36. The number of halogens is 1. The van der Waals surface area contributed by atoms with Crippen molar-refractivity contribution in [2.24, 2.45) is 0 Å². The maximum atomic E-state index is 14.2. The lowest BCUT2D eigenvalue weighted by molar-refractivity contribution is -0.131. The van der Waals surface area contributed by atoms with Gasteiger partial charge in [0.2, 0.25) is 11.8 Å². The molecule has 28 heavy (non-hydrogen) atoms. The molecule has 1 fully saturated rings. The standard InChI is InChI=1S/C21H25FN4O2/c1-13-4-5-15-6-7-21(25-19(15)24-13)8-9-26(12-21)20(27)14(2)16-10-18(28-3)23-11-17(16)22/h4-5,10-11,14H,6-9,12H2,1-3H3,(H,24,25)/t14-,21?/m1/s1. The third-order valence-corrected chi connectivity index (χ3v) is 5.95. The predicted octanol–water partition coefficient (Wildman–Crippen LogP) is 3.07. The molecule has 0 aromatic carbocycles. The van der Waals surface area contributed by atoms with Crippen LogP contribution in [0.2, 0.25) is 0 Å². The van der Waals surface area contributed by atoms with Gasteiger partial charge < -0.3 is 15.0 Å². The summed E-state index contributed by atoms with van der Waals surface area (Å²) < 4.78 is 19.3. The average molecular weight is 384 g/mol. The van der Waals surface area contributed by atoms with Crippen molar-refractivity contribution in [1.29, 1.82) is 0 Å². The second-order valence-corrected chi connectivity index (χ2v) is 7.85. The van der Waals surface area contributed by atoms with Gasteiger partial charge in [0.25, 0.3) is 0 Å². The van der Waals surface area contributed by atoms with Gasteiger partial charge in [0, 0.05) is 30.4 Å². The quantitative estimate of drug-likeness (QED) is 0.881. The van der Waals surface area contributed by atoms with Crippen LogP contribution in [0.5, 0.6) is 5.88 Å². The van der Waals surface area contributed by atoms with E-state index in [1.54, 1.807) is 6.92 Å². The van der Waals surface area contributed by atoms with Crippen molar-refractivity contribution in [3.63, 3.8) is 0 Å². The summed E-state index contributed by atoms with van der Waals surface area (Å²) in [5.41, 5.74) is 2.36. The third kappa shape index (κ3) is 3.30. The van der Waals surface area contributed by atoms with Gasteiger partial charge in [0.15, 0.2) is 0 Å². The molecular weight excluding hydrogens is 359 g/mol. The van der Waals surface area contributed by atoms with E-state index >= 15 is 0 Å². The van der Waals surface area contributed by atoms with E-state index in [1.807, 2.05) is 17.9 Å². The number of likely N-dealkylation sites (tertiary alicyclic amines) is 1. The Morgan fingerprint density at radius 2 is 2.21 bits per heavy atom. The van der Waals surface area contributed by atoms with Gasteiger partial charge in [0.1, 0.15) is 11.6 Å². The number of aryl methyl sites for hydroxylation is 2. The predicted molar refractivity (Wildman–Crippen MR) is 104 cm³/mol. The van der Waals surface area contributed by atoms with E-state index in [1.165, 1.54) is 18.7 Å². The lowest BCUT2D eigenvalue weighted by Crippen LogP contribution is -2.46. The average Bonchev–Trinajstić information content (AvgIpc) is 3.10. The molecule has 2 aliphatic heterocycles. The number of hydrogen-bond donors (Lipinski definition) is 1. The maximum absolute atomic E-state index is 14.2. The minimum absolute atomic E-state index is 0.0752. The number of ether oxygens (including phenoxy) is 1. The second-order valence-electron chi connectivity index (χ2n) is 7.85. The number of amides is 1. The fourth-order valence-corrected chi connectivity index (χ4v) is 4.23. The Morgan fingerprint density at radius 1 is 1.39 bits per heavy atom. The Morgan fingerprint density at radius 3 is 3.00 bits per heavy atom. The Bertz CT molecular complexity index is 919. The number of nitrogens with zero attached hydrogens (tertiary/aromatic N) is 3. The van der Waals surface area contributed by atoms with Gasteiger partial charge in [0.05, 0.1) is 24.8 Å². The summed E-state index contributed by atoms with van der Waals surface area (Å²) in [7, 11) is 1.48. The summed E-state index contributed by atoms with van der Waals surface area (Å²) in [6, 6.07) is 5.66. The molecule has 2 aliphatic rings. The number of hydrogen-bond acceptors (Lipinski definition) is 5. The summed E-state index contributed by atoms with van der Waals surface area (Å²) in [6.45, 7) is 4.98. The van der Waals surface area contributed by atoms with Crippen LogP contribution in [-0.4, -0.2) is 46.5 Å². The number of methoxy groups -OCH3 is 1. The van der Waals surface area contributed by atoms with Crippen LogP contribution in [-0.2, 0) is 11.2 Å². The molecule has 1 spiro atoms. The number of carbonyl (C=O) groups is 1. The Balaban J connectivity index is 1.50. The molecule has 7 heteroatoms. The highest BCUT2D eigenvalue weighted by Crippen LogP contribution is 2.37. The molecule has 1 amide bonds. The van der Waals surface area contributed by atoms with Gasteiger partial charge in [-0.15, -0.1) is 0 Å². The van der Waals surface area contributed by atoms with E-state index in [4.69, 9.17) is 4.74 Å². The van der Waals surface area contributed by atoms with Gasteiger partial charge >= 0.3 is 0 Å². The molecule has 2 aromatic rings. The molecule has 1 saturated heterocycles. The topological polar surface area (TPSA) is 67.3 Å². The maximum Gasteiger partial charge on any atom is 0.230 e. The number of carbonyl (C=O) groups excluding carboxylic acids is 1. The van der Waals surface area contributed by atoms with Crippen molar-refractivity contribution >= 4 is 11.7 Å². The molecule has 0 saturated carbocycles. The molecule has 1 unspecified atom stereocenters. The van der Waals surface area contributed by atoms with Crippen LogP contribution in [0, 0.1) is 12.7 Å². The fourth-order valence-electron chi connectivity index (χ4n) is 4.23. The van der Waals surface area contributed by atoms with Crippen LogP contribution in [0.4, 0.5) is 10.2 Å². The highest BCUT2D eigenvalue weighted by atomic mass is 19.1. The van der Waals surface area contributed by atoms with E-state index in [2.05, 4.69) is 21.4 Å². The molecule has 4 rings (SSSR count). The minimum Gasteiger partial charge on any atom is -0.481 e. The minimum atomic E-state index is -0.594. The van der Waals surface area contributed by atoms with Crippen molar-refractivity contribution < 1.29 is 13.9 Å². The van der Waals surface area contributed by atoms with E-state index in [0.717, 1.165) is 37.0 Å². The van der Waals surface area contributed by atoms with Gasteiger partial charge in [-0.1, -0.05) is 6.07 Å². The zero-order valence-electron chi connectivity index (χ0n) is 16.5. The number of pyridine rings is 2. The molecule has 2 atom stereocenters. The first-order valence-corrected chi connectivity index (χ1v) is 9.64. The van der Waals surface area contributed by atoms with Crippen LogP contribution in [0.15, 0.2) is 24.4 Å². The fraction of sp³-hybridized carbons (Fsp3) is 0.476. The van der Waals surface area contributed by atoms with Gasteiger partial charge in [-0.05, 0) is 44.7 Å². The Labute approximate surface area is 164 Å². The van der Waals surface area contributed by atoms with E-state index in [-0.39, 0.29) is 11.4 Å². The molecule has 6 nitrogen and oxygen atoms in total. The molecule has 0 aliphatic carbocycles. The van der Waals surface area contributed by atoms with Crippen LogP contribution in [0.25, 0.3) is 0 Å². The highest BCUT2D eigenvalue weighted by Gasteiger charge is 2.43. The summed E-state index contributed by atoms with van der Waals surface area (Å²) in [5, 5.41) is 3.60. The monoisotopic (exact) mass is 384 g/mol. The molecule has 1 N–H and O–H groups in total. The first-order chi connectivity index (χ1) is 13.4. The molecule has 2 aromatic heterocycles. The summed E-state index contributed by atoms with van der Waals surface area (Å²) >= 11 is 0. The third-order valence-electron chi connectivity index (χ3n) is 5.95. The summed E-state index contributed by atoms with van der Waals surface area (Å²) in [6.07, 6.45) is 3.88. The Hall–Kier alpha value is -2.70. The first kappa shape index (κ1) is 18.7. The largest absolute Gasteiger partial charge is 0.481 e. The number of fused-ring (bicyclic) bond motifs is 1. The van der Waals surface area contributed by atoms with Gasteiger partial charge in [-0.3, -0.25) is 4.79 Å². The summed E-state index contributed by atoms with van der Waals surface area (Å²) in [4.78, 5) is 23.4. The van der Waals surface area contributed by atoms with Crippen molar-refractivity contribution in [2.45, 2.75) is 44.6 Å². The smallest absolute Gasteiger partial charge is 0.230 e.